The van der Waals surface area contributed by atoms with Gasteiger partial charge in [-0.1, -0.05) is 12.2 Å². The van der Waals surface area contributed by atoms with Crippen molar-refractivity contribution in [2.75, 3.05) is 0 Å². The Morgan fingerprint density at radius 2 is 1.03 bits per heavy atom. The second-order valence-corrected chi connectivity index (χ2v) is 9.48. The van der Waals surface area contributed by atoms with Crippen molar-refractivity contribution in [2.24, 2.45) is 47.3 Å². The third kappa shape index (κ3) is 2.07. The van der Waals surface area contributed by atoms with E-state index in [4.69, 9.17) is 8.83 Å². The molecule has 6 aliphatic rings. The van der Waals surface area contributed by atoms with Crippen LogP contribution in [0.25, 0.3) is 0 Å². The Balaban J connectivity index is 1.20. The Labute approximate surface area is 182 Å². The van der Waals surface area contributed by atoms with Crippen LogP contribution in [0.2, 0.25) is 0 Å². The molecule has 4 amide bonds. The van der Waals surface area contributed by atoms with Crippen molar-refractivity contribution in [3.8, 4) is 0 Å². The number of furan rings is 2. The molecule has 2 saturated heterocycles. The Kier molecular flexibility index (Phi) is 3.46. The molecule has 162 valence electrons. The third-order valence-electron chi connectivity index (χ3n) is 8.31. The van der Waals surface area contributed by atoms with Crippen LogP contribution >= 0.6 is 0 Å². The number of carbonyl (C=O) groups excluding carboxylic acids is 4. The molecule has 0 N–H and O–H groups in total. The number of amides is 4. The minimum atomic E-state index is -0.461. The van der Waals surface area contributed by atoms with Crippen LogP contribution in [0.1, 0.15) is 11.5 Å². The van der Waals surface area contributed by atoms with Crippen molar-refractivity contribution in [3.63, 3.8) is 0 Å². The topological polar surface area (TPSA) is 101 Å². The molecule has 4 heterocycles. The van der Waals surface area contributed by atoms with Gasteiger partial charge in [0, 0.05) is 0 Å². The van der Waals surface area contributed by atoms with Crippen LogP contribution < -0.4 is 0 Å². The van der Waals surface area contributed by atoms with Gasteiger partial charge in [0.05, 0.1) is 49.3 Å². The lowest BCUT2D eigenvalue weighted by atomic mass is 9.40. The average molecular weight is 432 g/mol. The van der Waals surface area contributed by atoms with Gasteiger partial charge in [-0.15, -0.1) is 0 Å². The highest BCUT2D eigenvalue weighted by molar-refractivity contribution is 6.09. The normalized spacial score (nSPS) is 38.9. The highest BCUT2D eigenvalue weighted by atomic mass is 16.3. The molecule has 2 aliphatic heterocycles. The van der Waals surface area contributed by atoms with Crippen LogP contribution in [0, 0.1) is 47.3 Å². The van der Waals surface area contributed by atoms with E-state index in [1.807, 2.05) is 12.2 Å². The monoisotopic (exact) mass is 432 g/mol. The third-order valence-corrected chi connectivity index (χ3v) is 8.31. The molecule has 8 nitrogen and oxygen atoms in total. The van der Waals surface area contributed by atoms with Gasteiger partial charge in [0.2, 0.25) is 23.6 Å². The van der Waals surface area contributed by atoms with Crippen molar-refractivity contribution in [3.05, 3.63) is 60.5 Å². The van der Waals surface area contributed by atoms with Gasteiger partial charge in [-0.25, -0.2) is 0 Å². The van der Waals surface area contributed by atoms with Crippen molar-refractivity contribution in [1.82, 2.24) is 9.80 Å². The van der Waals surface area contributed by atoms with E-state index in [0.717, 1.165) is 0 Å². The van der Waals surface area contributed by atoms with E-state index in [-0.39, 0.29) is 60.4 Å². The fraction of sp³-hybridized carbons (Fsp3) is 0.417. The highest BCUT2D eigenvalue weighted by Gasteiger charge is 2.74. The van der Waals surface area contributed by atoms with Crippen molar-refractivity contribution < 1.29 is 28.0 Å². The summed E-state index contributed by atoms with van der Waals surface area (Å²) in [5, 5.41) is 0. The fourth-order valence-corrected chi connectivity index (χ4v) is 7.15. The SMILES string of the molecule is O=C1[C@@H]2[C@H]3C=C[C@@H]([C@@H]2C(=O)N1Cc1ccco1)[C@@H]1[C@@H]2C(=O)N(Cc4ccco4)C(=O)[C@H]2[C@H]31. The van der Waals surface area contributed by atoms with Crippen LogP contribution in [0.4, 0.5) is 0 Å². The number of rotatable bonds is 4. The summed E-state index contributed by atoms with van der Waals surface area (Å²) in [5.41, 5.74) is 0. The Hall–Kier alpha value is -3.42. The van der Waals surface area contributed by atoms with Gasteiger partial charge in [-0.05, 0) is 47.9 Å². The van der Waals surface area contributed by atoms with Crippen molar-refractivity contribution in [1.29, 1.82) is 0 Å². The molecular weight excluding hydrogens is 412 g/mol. The Morgan fingerprint density at radius 3 is 1.41 bits per heavy atom. The second kappa shape index (κ2) is 6.09. The quantitative estimate of drug-likeness (QED) is 0.540. The molecule has 2 bridgehead atoms. The van der Waals surface area contributed by atoms with Crippen molar-refractivity contribution in [2.45, 2.75) is 13.1 Å². The maximum atomic E-state index is 13.3. The maximum Gasteiger partial charge on any atom is 0.234 e. The van der Waals surface area contributed by atoms with Gasteiger partial charge in [-0.3, -0.25) is 29.0 Å². The van der Waals surface area contributed by atoms with E-state index in [9.17, 15) is 19.2 Å². The minimum Gasteiger partial charge on any atom is -0.467 e. The first-order valence-electron chi connectivity index (χ1n) is 11.0. The lowest BCUT2D eigenvalue weighted by molar-refractivity contribution is -0.166. The molecule has 2 aromatic rings. The van der Waals surface area contributed by atoms with Crippen LogP contribution in [-0.2, 0) is 32.3 Å². The molecular formula is C24H20N2O6. The zero-order valence-corrected chi connectivity index (χ0v) is 17.0. The Bertz CT molecular complexity index is 1130. The molecule has 0 radical (unpaired) electrons. The van der Waals surface area contributed by atoms with Crippen LogP contribution in [-0.4, -0.2) is 33.4 Å². The van der Waals surface area contributed by atoms with E-state index < -0.39 is 23.7 Å². The van der Waals surface area contributed by atoms with E-state index >= 15 is 0 Å². The zero-order valence-electron chi connectivity index (χ0n) is 17.0. The summed E-state index contributed by atoms with van der Waals surface area (Å²) in [6, 6.07) is 6.94. The molecule has 32 heavy (non-hydrogen) atoms. The molecule has 2 aromatic heterocycles. The molecule has 8 rings (SSSR count). The summed E-state index contributed by atoms with van der Waals surface area (Å²) in [5.74, 6) is -1.92. The van der Waals surface area contributed by atoms with Gasteiger partial charge >= 0.3 is 0 Å². The molecule has 8 atom stereocenters. The molecule has 4 aliphatic carbocycles. The van der Waals surface area contributed by atoms with Gasteiger partial charge in [0.15, 0.2) is 0 Å². The molecule has 8 heteroatoms. The molecule has 0 spiro atoms. The van der Waals surface area contributed by atoms with Crippen LogP contribution in [0.5, 0.6) is 0 Å². The summed E-state index contributed by atoms with van der Waals surface area (Å²) in [7, 11) is 0. The molecule has 4 fully saturated rings. The predicted molar refractivity (Wildman–Crippen MR) is 106 cm³/mol. The van der Waals surface area contributed by atoms with Crippen LogP contribution in [0.3, 0.4) is 0 Å². The molecule has 0 aromatic carbocycles. The summed E-state index contributed by atoms with van der Waals surface area (Å²) in [6.45, 7) is 0.246. The number of nitrogens with zero attached hydrogens (tertiary/aromatic N) is 2. The first-order valence-corrected chi connectivity index (χ1v) is 11.0. The van der Waals surface area contributed by atoms with Gasteiger partial charge < -0.3 is 8.83 Å². The predicted octanol–water partition coefficient (Wildman–Crippen LogP) is 1.84. The number of imide groups is 2. The standard InChI is InChI=1S/C24H20N2O6/c27-21-17-13-5-6-14(18(17)22(28)25(21)9-11-3-1-7-31-11)16-15(13)19-20(16)24(30)26(23(19)29)10-12-4-2-8-32-12/h1-8,13-20H,9-10H2/t13-,14+,15+,16-,17+,18-,19-,20-/m0/s1. The molecule has 2 saturated carbocycles. The van der Waals surface area contributed by atoms with Crippen molar-refractivity contribution >= 4 is 23.6 Å². The van der Waals surface area contributed by atoms with Gasteiger partial charge in [-0.2, -0.15) is 0 Å². The van der Waals surface area contributed by atoms with Crippen LogP contribution in [0.15, 0.2) is 57.8 Å². The summed E-state index contributed by atoms with van der Waals surface area (Å²) >= 11 is 0. The first-order chi connectivity index (χ1) is 15.6. The number of likely N-dealkylation sites (tertiary alicyclic amines) is 2. The smallest absolute Gasteiger partial charge is 0.234 e. The summed E-state index contributed by atoms with van der Waals surface area (Å²) in [4.78, 5) is 55.6. The fourth-order valence-electron chi connectivity index (χ4n) is 7.15. The van der Waals surface area contributed by atoms with E-state index in [0.29, 0.717) is 11.5 Å². The Morgan fingerprint density at radius 1 is 0.625 bits per heavy atom. The van der Waals surface area contributed by atoms with E-state index in [1.165, 1.54) is 22.3 Å². The number of hydrogen-bond acceptors (Lipinski definition) is 6. The van der Waals surface area contributed by atoms with Gasteiger partial charge in [0.25, 0.3) is 0 Å². The highest BCUT2D eigenvalue weighted by Crippen LogP contribution is 2.68. The average Bonchev–Trinajstić information content (AvgIpc) is 3.54. The number of carbonyl (C=O) groups is 4. The van der Waals surface area contributed by atoms with E-state index in [1.54, 1.807) is 24.3 Å². The lowest BCUT2D eigenvalue weighted by Crippen LogP contribution is -2.63. The zero-order chi connectivity index (χ0) is 21.7. The minimum absolute atomic E-state index is 0.0744. The molecule has 0 unspecified atom stereocenters. The number of hydrogen-bond donors (Lipinski definition) is 0. The number of fused-ring (bicyclic) bond motifs is 1. The summed E-state index contributed by atoms with van der Waals surface area (Å²) < 4.78 is 10.7. The first kappa shape index (κ1) is 18.2. The second-order valence-electron chi connectivity index (χ2n) is 9.48. The largest absolute Gasteiger partial charge is 0.467 e. The maximum absolute atomic E-state index is 13.3. The van der Waals surface area contributed by atoms with E-state index in [2.05, 4.69) is 0 Å². The lowest BCUT2D eigenvalue weighted by Gasteiger charge is -2.60. The van der Waals surface area contributed by atoms with Gasteiger partial charge in [0.1, 0.15) is 11.5 Å². The number of allylic oxidation sites excluding steroid dienone is 2. The summed E-state index contributed by atoms with van der Waals surface area (Å²) in [6.07, 6.45) is 7.06.